The maximum absolute atomic E-state index is 8.25. The second-order valence-corrected chi connectivity index (χ2v) is 0.522. The summed E-state index contributed by atoms with van der Waals surface area (Å²) in [5, 5.41) is 38.5. The van der Waals surface area contributed by atoms with Gasteiger partial charge in [-0.25, -0.2) is 0 Å². The summed E-state index contributed by atoms with van der Waals surface area (Å²) in [6, 6.07) is 0. The molecule has 0 aliphatic carbocycles. The Bertz CT molecular complexity index is 104. The molecule has 17 nitrogen and oxygen atoms in total. The van der Waals surface area contributed by atoms with Crippen LogP contribution in [0, 0.1) is 80.7 Å². The summed E-state index contributed by atoms with van der Waals surface area (Å²) in [4.78, 5) is 24.5. The van der Waals surface area contributed by atoms with Crippen molar-refractivity contribution >= 4 is 0 Å². The molecule has 18 heteroatoms. The summed E-state index contributed by atoms with van der Waals surface area (Å²) >= 11 is 0. The molecular weight excluding hydrogens is 423 g/mol. The molecule has 0 atom stereocenters. The average Bonchev–Trinajstić information content (AvgIpc) is 1.60. The van der Waals surface area contributed by atoms with E-state index in [-0.39, 0.29) is 72.8 Å². The Kier molecular flexibility index (Phi) is 507. The predicted octanol–water partition coefficient (Wildman–Crippen LogP) is -5.18. The van der Waals surface area contributed by atoms with Gasteiger partial charge in [-0.2, -0.15) is 0 Å². The maximum Gasteiger partial charge on any atom is 2.00 e. The number of hydrogen-bond acceptors (Lipinski definition) is 9. The van der Waals surface area contributed by atoms with Crippen LogP contribution in [-0.2, 0) is 0 Å². The molecule has 0 rings (SSSR count). The van der Waals surface area contributed by atoms with E-state index in [0.29, 0.717) is 0 Å². The van der Waals surface area contributed by atoms with Gasteiger partial charge in [-0.15, -0.1) is 5.34 Å². The van der Waals surface area contributed by atoms with E-state index in [1.807, 2.05) is 0 Å². The summed E-state index contributed by atoms with van der Waals surface area (Å²) in [5.74, 6) is 0. The molecule has 0 aromatic heterocycles. The normalized spacial score (nSPS) is 3.33. The molecule has 120 valence electrons. The topological polar surface area (TPSA) is 374 Å². The van der Waals surface area contributed by atoms with Crippen LogP contribution in [0.15, 0.2) is 5.34 Å². The molecule has 0 bridgehead atoms. The van der Waals surface area contributed by atoms with Crippen molar-refractivity contribution in [3.8, 4) is 0 Å². The van der Waals surface area contributed by atoms with Crippen molar-refractivity contribution in [1.82, 2.24) is 0 Å². The first kappa shape index (κ1) is 89.9. The molecule has 0 aliphatic heterocycles. The standard InChI is InChI=1S/Gd.2NO3.HNO2.6H2O/c;2*2-1(3)4;2-1-3;;;;;;/h;;;(H,2,3);6*1H2/q+2;2*-1;;;;;;;/p-1. The first-order chi connectivity index (χ1) is 4.88. The molecule has 0 unspecified atom stereocenters. The van der Waals surface area contributed by atoms with E-state index in [1.165, 1.54) is 0 Å². The van der Waals surface area contributed by atoms with Crippen molar-refractivity contribution in [2.24, 2.45) is 5.34 Å². The van der Waals surface area contributed by atoms with Crippen molar-refractivity contribution < 1.29 is 83.0 Å². The molecule has 0 saturated heterocycles. The van der Waals surface area contributed by atoms with Crippen molar-refractivity contribution in [3.63, 3.8) is 0 Å². The summed E-state index contributed by atoms with van der Waals surface area (Å²) in [7, 11) is 0. The zero-order valence-corrected chi connectivity index (χ0v) is 10.2. The van der Waals surface area contributed by atoms with Crippen molar-refractivity contribution in [3.05, 3.63) is 40.8 Å². The monoisotopic (exact) mass is 436 g/mol. The third kappa shape index (κ3) is 2310. The Morgan fingerprint density at radius 3 is 0.667 bits per heavy atom. The average molecular weight is 435 g/mol. The zero-order valence-electron chi connectivity index (χ0n) is 7.96. The minimum Gasteiger partial charge on any atom is -0.444 e. The van der Waals surface area contributed by atoms with Crippen molar-refractivity contribution in [2.45, 2.75) is 0 Å². The van der Waals surface area contributed by atoms with Gasteiger partial charge in [0.05, 0.1) is 10.2 Å². The second-order valence-electron chi connectivity index (χ2n) is 0.522. The van der Waals surface area contributed by atoms with Gasteiger partial charge in [-0.05, 0) is 0 Å². The third-order valence-electron chi connectivity index (χ3n) is 0. The molecular formula is H12GdN3O14-. The molecule has 0 amide bonds. The van der Waals surface area contributed by atoms with Crippen LogP contribution in [0.2, 0.25) is 0 Å². The van der Waals surface area contributed by atoms with Crippen LogP contribution >= 0.6 is 0 Å². The van der Waals surface area contributed by atoms with Crippen LogP contribution in [-0.4, -0.2) is 43.0 Å². The van der Waals surface area contributed by atoms with Crippen LogP contribution in [0.4, 0.5) is 0 Å². The van der Waals surface area contributed by atoms with E-state index in [9.17, 15) is 0 Å². The Morgan fingerprint density at radius 2 is 0.667 bits per heavy atom. The van der Waals surface area contributed by atoms with Gasteiger partial charge in [0.2, 0.25) is 0 Å². The van der Waals surface area contributed by atoms with Gasteiger partial charge in [0.1, 0.15) is 0 Å². The fraction of sp³-hybridized carbons (Fsp3) is 0. The molecule has 0 aromatic carbocycles. The Hall–Kier alpha value is -1.12. The number of hydrogen-bond donors (Lipinski definition) is 0. The maximum atomic E-state index is 8.25. The number of nitrogens with zero attached hydrogens (tertiary/aromatic N) is 3. The van der Waals surface area contributed by atoms with E-state index in [4.69, 9.17) is 40.8 Å². The predicted molar refractivity (Wildman–Crippen MR) is 51.6 cm³/mol. The van der Waals surface area contributed by atoms with Gasteiger partial charge in [0.15, 0.2) is 0 Å². The fourth-order valence-corrected chi connectivity index (χ4v) is 0. The first-order valence-corrected chi connectivity index (χ1v) is 1.46. The minimum absolute atomic E-state index is 0. The van der Waals surface area contributed by atoms with Crippen molar-refractivity contribution in [1.29, 1.82) is 0 Å². The van der Waals surface area contributed by atoms with Gasteiger partial charge in [-0.1, -0.05) is 0 Å². The number of rotatable bonds is 0. The molecule has 0 heterocycles. The third-order valence-corrected chi connectivity index (χ3v) is 0. The van der Waals surface area contributed by atoms with Crippen LogP contribution in [0.25, 0.3) is 0 Å². The zero-order chi connectivity index (χ0) is 9.86. The molecule has 0 fully saturated rings. The first-order valence-electron chi connectivity index (χ1n) is 1.46. The van der Waals surface area contributed by atoms with Crippen LogP contribution in [0.1, 0.15) is 0 Å². The van der Waals surface area contributed by atoms with Gasteiger partial charge >= 0.3 is 39.9 Å². The van der Waals surface area contributed by atoms with Crippen LogP contribution < -0.4 is 0 Å². The molecule has 18 heavy (non-hydrogen) atoms. The molecule has 0 aliphatic rings. The van der Waals surface area contributed by atoms with E-state index in [1.54, 1.807) is 0 Å². The molecule has 12 N–H and O–H groups in total. The Morgan fingerprint density at radius 1 is 0.667 bits per heavy atom. The van der Waals surface area contributed by atoms with Crippen LogP contribution in [0.5, 0.6) is 0 Å². The fourth-order valence-electron chi connectivity index (χ4n) is 0. The molecule has 0 radical (unpaired) electrons. The quantitative estimate of drug-likeness (QED) is 0.200. The summed E-state index contributed by atoms with van der Waals surface area (Å²) in [6.45, 7) is 0. The van der Waals surface area contributed by atoms with Gasteiger partial charge in [-0.3, -0.25) is 0 Å². The second kappa shape index (κ2) is 102. The Balaban J connectivity index is -0.00000000562. The van der Waals surface area contributed by atoms with E-state index >= 15 is 0 Å². The van der Waals surface area contributed by atoms with Gasteiger partial charge < -0.3 is 73.6 Å². The van der Waals surface area contributed by atoms with E-state index in [0.717, 1.165) is 5.34 Å². The molecule has 0 spiro atoms. The summed E-state index contributed by atoms with van der Waals surface area (Å²) in [6.07, 6.45) is 0. The Labute approximate surface area is 129 Å². The molecule has 0 saturated carbocycles. The molecule has 0 aromatic rings. The van der Waals surface area contributed by atoms with Gasteiger partial charge in [0, 0.05) is 0 Å². The van der Waals surface area contributed by atoms with Crippen LogP contribution in [0.3, 0.4) is 0 Å². The van der Waals surface area contributed by atoms with E-state index in [2.05, 4.69) is 0 Å². The summed E-state index contributed by atoms with van der Waals surface area (Å²) in [5.41, 5.74) is 0. The minimum atomic E-state index is -1.75. The van der Waals surface area contributed by atoms with E-state index < -0.39 is 10.2 Å². The largest absolute Gasteiger partial charge is 2.00 e. The summed E-state index contributed by atoms with van der Waals surface area (Å²) < 4.78 is 0. The SMILES string of the molecule is O.O.O.O.O.O.O=N[O-].O=[N+]([O-])[O-].O=[N+]([O-])[O-].[Gd+2]. The van der Waals surface area contributed by atoms with Crippen molar-refractivity contribution in [2.75, 3.05) is 0 Å². The smallest absolute Gasteiger partial charge is 0.444 e. The van der Waals surface area contributed by atoms with Gasteiger partial charge in [0.25, 0.3) is 0 Å².